The Kier molecular flexibility index (Phi) is 6.62. The van der Waals surface area contributed by atoms with Gasteiger partial charge in [0.1, 0.15) is 11.6 Å². The molecule has 0 radical (unpaired) electrons. The van der Waals surface area contributed by atoms with Crippen LogP contribution in [0.4, 0.5) is 15.9 Å². The van der Waals surface area contributed by atoms with Crippen LogP contribution in [-0.2, 0) is 23.2 Å². The number of fused-ring (bicyclic) bond motifs is 1. The van der Waals surface area contributed by atoms with E-state index in [-0.39, 0.29) is 5.82 Å². The number of aryl methyl sites for hydroxylation is 2. The molecule has 2 heterocycles. The van der Waals surface area contributed by atoms with Crippen molar-refractivity contribution in [1.29, 1.82) is 0 Å². The summed E-state index contributed by atoms with van der Waals surface area (Å²) in [5.74, 6) is -1.48. The molecule has 2 N–H and O–H groups in total. The van der Waals surface area contributed by atoms with Crippen molar-refractivity contribution in [3.05, 3.63) is 101 Å². The van der Waals surface area contributed by atoms with E-state index in [2.05, 4.69) is 31.7 Å². The molecule has 0 saturated carbocycles. The van der Waals surface area contributed by atoms with Gasteiger partial charge in [0, 0.05) is 34.5 Å². The van der Waals surface area contributed by atoms with Crippen molar-refractivity contribution in [2.75, 3.05) is 10.6 Å². The predicted molar refractivity (Wildman–Crippen MR) is 146 cm³/mol. The lowest BCUT2D eigenvalue weighted by molar-refractivity contribution is -0.133. The highest BCUT2D eigenvalue weighted by atomic mass is 79.9. The molecule has 9 heteroatoms. The van der Waals surface area contributed by atoms with Crippen molar-refractivity contribution < 1.29 is 14.0 Å². The zero-order valence-electron chi connectivity index (χ0n) is 20.1. The second kappa shape index (κ2) is 10.0. The molecule has 5 rings (SSSR count). The molecule has 0 aliphatic heterocycles. The molecule has 7 nitrogen and oxygen atoms in total. The van der Waals surface area contributed by atoms with Crippen LogP contribution in [0.25, 0.3) is 22.0 Å². The topological polar surface area (TPSA) is 80.9 Å². The number of anilines is 2. The van der Waals surface area contributed by atoms with Crippen LogP contribution < -0.4 is 10.6 Å². The Balaban J connectivity index is 1.35. The number of halogens is 2. The van der Waals surface area contributed by atoms with Crippen molar-refractivity contribution in [3.8, 4) is 11.1 Å². The average molecular weight is 560 g/mol. The molecule has 2 amide bonds. The molecule has 2 aromatic heterocycles. The lowest BCUT2D eigenvalue weighted by Crippen LogP contribution is -2.30. The minimum absolute atomic E-state index is 0.279. The van der Waals surface area contributed by atoms with E-state index < -0.39 is 11.8 Å². The predicted octanol–water partition coefficient (Wildman–Crippen LogP) is 5.88. The summed E-state index contributed by atoms with van der Waals surface area (Å²) < 4.78 is 18.5. The van der Waals surface area contributed by atoms with E-state index in [1.165, 1.54) is 6.07 Å². The van der Waals surface area contributed by atoms with E-state index in [4.69, 9.17) is 0 Å². The lowest BCUT2D eigenvalue weighted by Gasteiger charge is -2.11. The first kappa shape index (κ1) is 24.5. The number of rotatable bonds is 5. The number of nitrogens with one attached hydrogen (secondary N) is 2. The van der Waals surface area contributed by atoms with Gasteiger partial charge in [-0.05, 0) is 54.3 Å². The summed E-state index contributed by atoms with van der Waals surface area (Å²) in [6.45, 7) is 2.19. The first-order valence-electron chi connectivity index (χ1n) is 11.5. The standard InChI is InChI=1S/C28H23BrFN5O2/c1-17-25(19-7-10-21(29)11-8-19)26(34(2)33-17)32-28(37)27(36)31-22-12-9-18-13-14-35(24(18)15-22)16-20-5-3-4-6-23(20)30/h3-15H,16H2,1-2H3,(H,31,36)(H,32,37). The second-order valence-electron chi connectivity index (χ2n) is 8.66. The van der Waals surface area contributed by atoms with Crippen molar-refractivity contribution in [1.82, 2.24) is 14.3 Å². The highest BCUT2D eigenvalue weighted by molar-refractivity contribution is 9.10. The molecule has 0 aliphatic carbocycles. The zero-order chi connectivity index (χ0) is 26.1. The van der Waals surface area contributed by atoms with Gasteiger partial charge in [-0.3, -0.25) is 14.3 Å². The lowest BCUT2D eigenvalue weighted by atomic mass is 10.1. The van der Waals surface area contributed by atoms with Crippen molar-refractivity contribution >= 4 is 50.2 Å². The second-order valence-corrected chi connectivity index (χ2v) is 9.57. The monoisotopic (exact) mass is 559 g/mol. The van der Waals surface area contributed by atoms with Gasteiger partial charge in [0.2, 0.25) is 0 Å². The molecule has 0 unspecified atom stereocenters. The van der Waals surface area contributed by atoms with Gasteiger partial charge in [-0.25, -0.2) is 4.39 Å². The first-order valence-corrected chi connectivity index (χ1v) is 12.3. The number of amides is 2. The summed E-state index contributed by atoms with van der Waals surface area (Å²) in [6.07, 6.45) is 1.86. The molecule has 186 valence electrons. The Morgan fingerprint density at radius 3 is 2.46 bits per heavy atom. The van der Waals surface area contributed by atoms with Crippen LogP contribution in [-0.4, -0.2) is 26.2 Å². The maximum atomic E-state index is 14.2. The van der Waals surface area contributed by atoms with E-state index in [1.54, 1.807) is 42.1 Å². The zero-order valence-corrected chi connectivity index (χ0v) is 21.7. The van der Waals surface area contributed by atoms with Crippen molar-refractivity contribution in [3.63, 3.8) is 0 Å². The summed E-state index contributed by atoms with van der Waals surface area (Å²) in [5.41, 5.74) is 4.15. The molecule has 0 saturated heterocycles. The SMILES string of the molecule is Cc1nn(C)c(NC(=O)C(=O)Nc2ccc3ccn(Cc4ccccc4F)c3c2)c1-c1ccc(Br)cc1. The molecule has 0 bridgehead atoms. The number of carbonyl (C=O) groups is 2. The highest BCUT2D eigenvalue weighted by Gasteiger charge is 2.21. The van der Waals surface area contributed by atoms with Gasteiger partial charge in [-0.15, -0.1) is 0 Å². The summed E-state index contributed by atoms with van der Waals surface area (Å²) in [7, 11) is 1.71. The van der Waals surface area contributed by atoms with E-state index in [0.29, 0.717) is 23.6 Å². The van der Waals surface area contributed by atoms with Crippen LogP contribution in [0, 0.1) is 12.7 Å². The normalized spacial score (nSPS) is 11.0. The average Bonchev–Trinajstić information content (AvgIpc) is 3.40. The van der Waals surface area contributed by atoms with Crippen molar-refractivity contribution in [2.45, 2.75) is 13.5 Å². The Bertz CT molecular complexity index is 1640. The molecule has 0 spiro atoms. The van der Waals surface area contributed by atoms with Crippen LogP contribution >= 0.6 is 15.9 Å². The van der Waals surface area contributed by atoms with Gasteiger partial charge in [0.15, 0.2) is 0 Å². The summed E-state index contributed by atoms with van der Waals surface area (Å²) in [6, 6.07) is 21.5. The molecule has 5 aromatic rings. The third-order valence-electron chi connectivity index (χ3n) is 6.12. The summed E-state index contributed by atoms with van der Waals surface area (Å²) in [4.78, 5) is 25.7. The van der Waals surface area contributed by atoms with Gasteiger partial charge in [-0.1, -0.05) is 52.3 Å². The van der Waals surface area contributed by atoms with Crippen LogP contribution in [0.2, 0.25) is 0 Å². The van der Waals surface area contributed by atoms with Gasteiger partial charge >= 0.3 is 11.8 Å². The van der Waals surface area contributed by atoms with Gasteiger partial charge in [-0.2, -0.15) is 5.10 Å². The van der Waals surface area contributed by atoms with Crippen LogP contribution in [0.1, 0.15) is 11.3 Å². The Morgan fingerprint density at radius 1 is 0.973 bits per heavy atom. The van der Waals surface area contributed by atoms with Crippen LogP contribution in [0.5, 0.6) is 0 Å². The Morgan fingerprint density at radius 2 is 1.70 bits per heavy atom. The van der Waals surface area contributed by atoms with E-state index in [9.17, 15) is 14.0 Å². The quantitative estimate of drug-likeness (QED) is 0.264. The molecule has 37 heavy (non-hydrogen) atoms. The molecule has 0 aliphatic rings. The van der Waals surface area contributed by atoms with Crippen molar-refractivity contribution in [2.24, 2.45) is 7.05 Å². The summed E-state index contributed by atoms with van der Waals surface area (Å²) in [5, 5.41) is 10.7. The molecule has 3 aromatic carbocycles. The first-order chi connectivity index (χ1) is 17.8. The smallest absolute Gasteiger partial charge is 0.315 e. The molecular weight excluding hydrogens is 537 g/mol. The fraction of sp³-hybridized carbons (Fsp3) is 0.107. The Labute approximate surface area is 221 Å². The van der Waals surface area contributed by atoms with Gasteiger partial charge < -0.3 is 15.2 Å². The van der Waals surface area contributed by atoms with E-state index in [1.807, 2.05) is 54.1 Å². The van der Waals surface area contributed by atoms with Crippen LogP contribution in [0.15, 0.2) is 83.5 Å². The third kappa shape index (κ3) is 5.03. The largest absolute Gasteiger partial charge is 0.343 e. The molecule has 0 atom stereocenters. The minimum Gasteiger partial charge on any atom is -0.343 e. The number of hydrogen-bond acceptors (Lipinski definition) is 3. The Hall–Kier alpha value is -4.24. The van der Waals surface area contributed by atoms with Gasteiger partial charge in [0.25, 0.3) is 0 Å². The van der Waals surface area contributed by atoms with Crippen LogP contribution in [0.3, 0.4) is 0 Å². The number of aromatic nitrogens is 3. The van der Waals surface area contributed by atoms with E-state index in [0.717, 1.165) is 32.2 Å². The fourth-order valence-electron chi connectivity index (χ4n) is 4.33. The van der Waals surface area contributed by atoms with E-state index >= 15 is 0 Å². The minimum atomic E-state index is -0.816. The highest BCUT2D eigenvalue weighted by Crippen LogP contribution is 2.32. The number of carbonyl (C=O) groups excluding carboxylic acids is 2. The molecule has 0 fully saturated rings. The third-order valence-corrected chi connectivity index (χ3v) is 6.65. The maximum absolute atomic E-state index is 14.2. The maximum Gasteiger partial charge on any atom is 0.315 e. The van der Waals surface area contributed by atoms with Gasteiger partial charge in [0.05, 0.1) is 17.8 Å². The number of benzene rings is 3. The molecular formula is C28H23BrFN5O2. The summed E-state index contributed by atoms with van der Waals surface area (Å²) >= 11 is 3.43. The fourth-order valence-corrected chi connectivity index (χ4v) is 4.59. The number of hydrogen-bond donors (Lipinski definition) is 2. The number of nitrogens with zero attached hydrogens (tertiary/aromatic N) is 3.